The summed E-state index contributed by atoms with van der Waals surface area (Å²) in [6, 6.07) is 17.0. The monoisotopic (exact) mass is 612 g/mol. The average molecular weight is 613 g/mol. The molecule has 218 valence electrons. The van der Waals surface area contributed by atoms with Gasteiger partial charge in [-0.3, -0.25) is 14.1 Å². The van der Waals surface area contributed by atoms with Crippen molar-refractivity contribution in [2.75, 3.05) is 31.8 Å². The van der Waals surface area contributed by atoms with E-state index >= 15 is 0 Å². The number of hydrogen-bond donors (Lipinski definition) is 1. The van der Waals surface area contributed by atoms with E-state index in [9.17, 15) is 13.2 Å². The number of aryl methyl sites for hydroxylation is 1. The third-order valence-electron chi connectivity index (χ3n) is 7.35. The van der Waals surface area contributed by atoms with Gasteiger partial charge in [0.2, 0.25) is 15.9 Å². The maximum atomic E-state index is 13.3. The van der Waals surface area contributed by atoms with Gasteiger partial charge in [-0.25, -0.2) is 13.4 Å². The standard InChI is InChI=1S/C32H28N4O5S2/c1-18-6-8-19(9-7-18)30-29(31(37)33-2)23-14-22(25(15-26(23)41-30)36(3)43(5,38)39)20-12-24(32(40-4)35-17-20)28-13-21-16-34-11-10-27(21)42-28/h6-17H,1-5H3,(H,33,37). The molecule has 0 saturated carbocycles. The van der Waals surface area contributed by atoms with Crippen LogP contribution < -0.4 is 14.4 Å². The molecular formula is C32H28N4O5S2. The van der Waals surface area contributed by atoms with Crippen LogP contribution in [0.4, 0.5) is 5.69 Å². The number of benzene rings is 2. The Balaban J connectivity index is 1.64. The molecule has 0 saturated heterocycles. The third-order valence-corrected chi connectivity index (χ3v) is 9.69. The van der Waals surface area contributed by atoms with Crippen molar-refractivity contribution >= 4 is 54.0 Å². The number of furan rings is 1. The van der Waals surface area contributed by atoms with Gasteiger partial charge in [0.1, 0.15) is 11.3 Å². The number of carbonyl (C=O) groups is 1. The zero-order valence-corrected chi connectivity index (χ0v) is 25.8. The number of hydrogen-bond acceptors (Lipinski definition) is 8. The Hall–Kier alpha value is -4.74. The number of fused-ring (bicyclic) bond motifs is 2. The van der Waals surface area contributed by atoms with Gasteiger partial charge in [-0.1, -0.05) is 29.8 Å². The van der Waals surface area contributed by atoms with Gasteiger partial charge < -0.3 is 14.5 Å². The number of pyridine rings is 2. The second-order valence-electron chi connectivity index (χ2n) is 10.2. The molecule has 11 heteroatoms. The Morgan fingerprint density at radius 1 is 1.02 bits per heavy atom. The van der Waals surface area contributed by atoms with Crippen LogP contribution in [0, 0.1) is 6.92 Å². The van der Waals surface area contributed by atoms with E-state index in [0.717, 1.165) is 37.9 Å². The molecular weight excluding hydrogens is 585 g/mol. The second-order valence-corrected chi connectivity index (χ2v) is 13.2. The smallest absolute Gasteiger partial charge is 0.255 e. The van der Waals surface area contributed by atoms with Crippen molar-refractivity contribution in [1.82, 2.24) is 15.3 Å². The summed E-state index contributed by atoms with van der Waals surface area (Å²) in [5, 5.41) is 4.26. The predicted molar refractivity (Wildman–Crippen MR) is 171 cm³/mol. The van der Waals surface area contributed by atoms with Gasteiger partial charge in [0.15, 0.2) is 0 Å². The van der Waals surface area contributed by atoms with E-state index < -0.39 is 10.0 Å². The van der Waals surface area contributed by atoms with Crippen LogP contribution in [0.15, 0.2) is 77.6 Å². The van der Waals surface area contributed by atoms with Crippen LogP contribution in [-0.2, 0) is 10.0 Å². The molecule has 1 N–H and O–H groups in total. The Bertz CT molecular complexity index is 2100. The molecule has 0 spiro atoms. The number of aromatic nitrogens is 2. The molecule has 0 aliphatic heterocycles. The van der Waals surface area contributed by atoms with E-state index in [1.54, 1.807) is 56.2 Å². The van der Waals surface area contributed by atoms with Crippen molar-refractivity contribution < 1.29 is 22.4 Å². The minimum absolute atomic E-state index is 0.322. The van der Waals surface area contributed by atoms with Crippen LogP contribution >= 0.6 is 11.3 Å². The van der Waals surface area contributed by atoms with Crippen LogP contribution in [0.3, 0.4) is 0 Å². The molecule has 1 amide bonds. The fourth-order valence-electron chi connectivity index (χ4n) is 5.02. The van der Waals surface area contributed by atoms with Gasteiger partial charge in [-0.15, -0.1) is 11.3 Å². The summed E-state index contributed by atoms with van der Waals surface area (Å²) in [6.07, 6.45) is 6.33. The molecule has 43 heavy (non-hydrogen) atoms. The van der Waals surface area contributed by atoms with Crippen molar-refractivity contribution in [3.63, 3.8) is 0 Å². The number of nitrogens with one attached hydrogen (secondary N) is 1. The summed E-state index contributed by atoms with van der Waals surface area (Å²) in [5.41, 5.74) is 4.85. The zero-order chi connectivity index (χ0) is 30.5. The Kier molecular flexibility index (Phi) is 7.15. The molecule has 6 rings (SSSR count). The van der Waals surface area contributed by atoms with Crippen LogP contribution in [0.2, 0.25) is 0 Å². The summed E-state index contributed by atoms with van der Waals surface area (Å²) in [7, 11) is 0.941. The largest absolute Gasteiger partial charge is 0.481 e. The highest BCUT2D eigenvalue weighted by atomic mass is 32.2. The van der Waals surface area contributed by atoms with Crippen molar-refractivity contribution in [3.05, 3.63) is 84.3 Å². The van der Waals surface area contributed by atoms with E-state index in [1.807, 2.05) is 49.4 Å². The normalized spacial score (nSPS) is 11.7. The summed E-state index contributed by atoms with van der Waals surface area (Å²) in [6.45, 7) is 1.98. The molecule has 4 heterocycles. The molecule has 6 aromatic rings. The van der Waals surface area contributed by atoms with Gasteiger partial charge >= 0.3 is 0 Å². The number of anilines is 1. The molecule has 9 nitrogen and oxygen atoms in total. The number of methoxy groups -OCH3 is 1. The fraction of sp³-hybridized carbons (Fsp3) is 0.156. The molecule has 4 aromatic heterocycles. The topological polar surface area (TPSA) is 115 Å². The van der Waals surface area contributed by atoms with Crippen LogP contribution in [0.25, 0.3) is 53.9 Å². The fourth-order valence-corrected chi connectivity index (χ4v) is 6.56. The second kappa shape index (κ2) is 10.8. The maximum Gasteiger partial charge on any atom is 0.255 e. The molecule has 0 atom stereocenters. The number of rotatable bonds is 7. The first-order valence-corrected chi connectivity index (χ1v) is 16.0. The SMILES string of the molecule is CNC(=O)c1c(-c2ccc(C)cc2)oc2cc(N(C)S(C)(=O)=O)c(-c3cnc(OC)c(-c4cc5cnccc5s4)c3)cc12. The molecule has 0 bridgehead atoms. The van der Waals surface area contributed by atoms with Crippen LogP contribution in [-0.4, -0.2) is 51.8 Å². The number of thiophene rings is 1. The minimum atomic E-state index is -3.67. The number of sulfonamides is 1. The predicted octanol–water partition coefficient (Wildman–Crippen LogP) is 6.51. The highest BCUT2D eigenvalue weighted by Gasteiger charge is 2.26. The molecule has 0 unspecified atom stereocenters. The molecule has 2 aromatic carbocycles. The first kappa shape index (κ1) is 28.4. The Morgan fingerprint density at radius 2 is 1.79 bits per heavy atom. The summed E-state index contributed by atoms with van der Waals surface area (Å²) < 4.78 is 39.8. The molecule has 0 fully saturated rings. The lowest BCUT2D eigenvalue weighted by Gasteiger charge is -2.21. The van der Waals surface area contributed by atoms with Crippen molar-refractivity contribution in [3.8, 4) is 38.8 Å². The van der Waals surface area contributed by atoms with Crippen molar-refractivity contribution in [2.45, 2.75) is 6.92 Å². The lowest BCUT2D eigenvalue weighted by atomic mass is 9.98. The van der Waals surface area contributed by atoms with Crippen LogP contribution in [0.5, 0.6) is 5.88 Å². The van der Waals surface area contributed by atoms with Crippen molar-refractivity contribution in [1.29, 1.82) is 0 Å². The van der Waals surface area contributed by atoms with Gasteiger partial charge in [0.05, 0.1) is 30.2 Å². The quantitative estimate of drug-likeness (QED) is 0.219. The lowest BCUT2D eigenvalue weighted by molar-refractivity contribution is 0.0964. The summed E-state index contributed by atoms with van der Waals surface area (Å²) in [5.74, 6) is 0.502. The van der Waals surface area contributed by atoms with E-state index in [-0.39, 0.29) is 5.91 Å². The maximum absolute atomic E-state index is 13.3. The Labute approximate surface area is 252 Å². The van der Waals surface area contributed by atoms with Gasteiger partial charge in [-0.2, -0.15) is 0 Å². The number of ether oxygens (including phenoxy) is 1. The zero-order valence-electron chi connectivity index (χ0n) is 24.1. The van der Waals surface area contributed by atoms with E-state index in [1.165, 1.54) is 11.4 Å². The first-order valence-electron chi connectivity index (χ1n) is 13.3. The lowest BCUT2D eigenvalue weighted by Crippen LogP contribution is -2.25. The summed E-state index contributed by atoms with van der Waals surface area (Å²) >= 11 is 1.58. The van der Waals surface area contributed by atoms with E-state index in [0.29, 0.717) is 45.0 Å². The van der Waals surface area contributed by atoms with E-state index in [4.69, 9.17) is 9.15 Å². The molecule has 0 radical (unpaired) electrons. The molecule has 0 aliphatic rings. The average Bonchev–Trinajstić information content (AvgIpc) is 3.61. The number of amides is 1. The number of carbonyl (C=O) groups excluding carboxylic acids is 1. The highest BCUT2D eigenvalue weighted by Crippen LogP contribution is 2.44. The molecule has 0 aliphatic carbocycles. The van der Waals surface area contributed by atoms with Gasteiger partial charge in [0, 0.05) is 75.8 Å². The minimum Gasteiger partial charge on any atom is -0.481 e. The van der Waals surface area contributed by atoms with Crippen LogP contribution in [0.1, 0.15) is 15.9 Å². The Morgan fingerprint density at radius 3 is 2.47 bits per heavy atom. The van der Waals surface area contributed by atoms with Gasteiger partial charge in [-0.05, 0) is 31.2 Å². The van der Waals surface area contributed by atoms with E-state index in [2.05, 4.69) is 15.3 Å². The third kappa shape index (κ3) is 5.10. The highest BCUT2D eigenvalue weighted by molar-refractivity contribution is 7.92. The van der Waals surface area contributed by atoms with Gasteiger partial charge in [0.25, 0.3) is 5.91 Å². The van der Waals surface area contributed by atoms with Crippen molar-refractivity contribution in [2.24, 2.45) is 0 Å². The number of nitrogens with zero attached hydrogens (tertiary/aromatic N) is 3. The summed E-state index contributed by atoms with van der Waals surface area (Å²) in [4.78, 5) is 23.0. The first-order chi connectivity index (χ1) is 20.6.